The van der Waals surface area contributed by atoms with E-state index >= 15 is 0 Å². The van der Waals surface area contributed by atoms with E-state index in [1.54, 1.807) is 4.68 Å². The highest BCUT2D eigenvalue weighted by Crippen LogP contribution is 2.36. The molecule has 2 heterocycles. The van der Waals surface area contributed by atoms with Crippen LogP contribution in [0.4, 0.5) is 5.69 Å². The van der Waals surface area contributed by atoms with E-state index in [0.29, 0.717) is 36.7 Å². The number of aromatic nitrogens is 3. The molecule has 0 spiro atoms. The number of nitrogens with one attached hydrogen (secondary N) is 1. The number of benzene rings is 2. The van der Waals surface area contributed by atoms with Gasteiger partial charge >= 0.3 is 6.01 Å². The fourth-order valence-corrected chi connectivity index (χ4v) is 3.39. The van der Waals surface area contributed by atoms with Crippen molar-refractivity contribution in [2.24, 2.45) is 5.92 Å². The summed E-state index contributed by atoms with van der Waals surface area (Å²) in [5.74, 6) is 2.43. The first-order valence-corrected chi connectivity index (χ1v) is 11.1. The number of nitrogens with zero attached hydrogens (tertiary/aromatic N) is 3. The van der Waals surface area contributed by atoms with Crippen molar-refractivity contribution in [3.63, 3.8) is 0 Å². The van der Waals surface area contributed by atoms with Crippen LogP contribution in [0.15, 0.2) is 42.5 Å². The first-order chi connectivity index (χ1) is 15.5. The minimum Gasteiger partial charge on any atom is -0.462 e. The first kappa shape index (κ1) is 22.0. The minimum atomic E-state index is -0.353. The van der Waals surface area contributed by atoms with Crippen LogP contribution >= 0.6 is 0 Å². The molecule has 1 atom stereocenters. The lowest BCUT2D eigenvalue weighted by atomic mass is 10.2. The molecule has 0 amide bonds. The van der Waals surface area contributed by atoms with E-state index in [1.165, 1.54) is 0 Å². The lowest BCUT2D eigenvalue weighted by Crippen LogP contribution is -2.18. The van der Waals surface area contributed by atoms with Gasteiger partial charge in [0, 0.05) is 17.8 Å². The van der Waals surface area contributed by atoms with Gasteiger partial charge in [-0.15, -0.1) is 5.10 Å². The fraction of sp³-hybridized carbons (Fsp3) is 0.417. The fourth-order valence-electron chi connectivity index (χ4n) is 3.39. The average Bonchev–Trinajstić information content (AvgIpc) is 3.43. The molecular formula is C24H30N4O4. The van der Waals surface area contributed by atoms with E-state index in [4.69, 9.17) is 14.2 Å². The molecule has 3 aromatic rings. The van der Waals surface area contributed by atoms with Crippen LogP contribution in [0.1, 0.15) is 33.6 Å². The molecule has 0 saturated carbocycles. The molecule has 0 radical (unpaired) electrons. The Labute approximate surface area is 188 Å². The van der Waals surface area contributed by atoms with E-state index in [0.717, 1.165) is 35.5 Å². The highest BCUT2D eigenvalue weighted by atomic mass is 16.7. The second-order valence-electron chi connectivity index (χ2n) is 8.27. The summed E-state index contributed by atoms with van der Waals surface area (Å²) in [6, 6.07) is 13.9. The molecule has 8 heteroatoms. The predicted octanol–water partition coefficient (Wildman–Crippen LogP) is 4.27. The molecule has 32 heavy (non-hydrogen) atoms. The number of anilines is 1. The van der Waals surface area contributed by atoms with Gasteiger partial charge in [-0.25, -0.2) is 4.68 Å². The highest BCUT2D eigenvalue weighted by molar-refractivity contribution is 5.64. The molecule has 170 valence electrons. The number of hydrogen-bond donors (Lipinski definition) is 2. The average molecular weight is 439 g/mol. The summed E-state index contributed by atoms with van der Waals surface area (Å²) >= 11 is 0. The zero-order valence-electron chi connectivity index (χ0n) is 18.7. The maximum absolute atomic E-state index is 9.95. The molecule has 1 aliphatic heterocycles. The maximum atomic E-state index is 9.95. The Hall–Kier alpha value is -3.26. The molecule has 2 aromatic carbocycles. The van der Waals surface area contributed by atoms with Gasteiger partial charge in [0.15, 0.2) is 17.3 Å². The number of rotatable bonds is 10. The summed E-state index contributed by atoms with van der Waals surface area (Å²) in [7, 11) is 0. The summed E-state index contributed by atoms with van der Waals surface area (Å²) in [6.45, 7) is 7.50. The van der Waals surface area contributed by atoms with E-state index in [-0.39, 0.29) is 12.9 Å². The molecule has 0 bridgehead atoms. The standard InChI is InChI=1S/C24H30N4O4/c1-4-5-20(29)13-25-18-7-9-19(10-8-18)28-23(26-24(27-28)30-14-16(2)3)17-6-11-21-22(12-17)32-15-31-21/h6-12,16,20,25,29H,4-5,13-15H2,1-3H3. The number of aliphatic hydroxyl groups is 1. The Morgan fingerprint density at radius 1 is 1.12 bits per heavy atom. The third kappa shape index (κ3) is 5.13. The molecule has 0 fully saturated rings. The number of aliphatic hydroxyl groups excluding tert-OH is 1. The summed E-state index contributed by atoms with van der Waals surface area (Å²) in [5, 5.41) is 17.8. The van der Waals surface area contributed by atoms with Crippen LogP contribution in [0.25, 0.3) is 17.1 Å². The summed E-state index contributed by atoms with van der Waals surface area (Å²) < 4.78 is 18.5. The van der Waals surface area contributed by atoms with Gasteiger partial charge in [0.25, 0.3) is 0 Å². The molecule has 0 aliphatic carbocycles. The van der Waals surface area contributed by atoms with Crippen LogP contribution < -0.4 is 19.5 Å². The molecule has 2 N–H and O–H groups in total. The van der Waals surface area contributed by atoms with Gasteiger partial charge in [0.2, 0.25) is 6.79 Å². The van der Waals surface area contributed by atoms with Crippen molar-refractivity contribution in [3.05, 3.63) is 42.5 Å². The van der Waals surface area contributed by atoms with Crippen molar-refractivity contribution >= 4 is 5.69 Å². The van der Waals surface area contributed by atoms with Crippen molar-refractivity contribution in [1.29, 1.82) is 0 Å². The van der Waals surface area contributed by atoms with Crippen LogP contribution in [-0.2, 0) is 0 Å². The van der Waals surface area contributed by atoms with E-state index in [9.17, 15) is 5.11 Å². The Bertz CT molecular complexity index is 1030. The zero-order chi connectivity index (χ0) is 22.5. The van der Waals surface area contributed by atoms with Gasteiger partial charge in [-0.05, 0) is 54.8 Å². The van der Waals surface area contributed by atoms with Crippen molar-refractivity contribution in [2.75, 3.05) is 25.3 Å². The maximum Gasteiger partial charge on any atom is 0.336 e. The third-order valence-corrected chi connectivity index (χ3v) is 5.04. The highest BCUT2D eigenvalue weighted by Gasteiger charge is 2.19. The van der Waals surface area contributed by atoms with E-state index in [2.05, 4.69) is 36.2 Å². The van der Waals surface area contributed by atoms with Crippen molar-refractivity contribution in [3.8, 4) is 34.6 Å². The Morgan fingerprint density at radius 3 is 2.66 bits per heavy atom. The molecule has 1 aliphatic rings. The van der Waals surface area contributed by atoms with Gasteiger partial charge in [0.05, 0.1) is 18.4 Å². The van der Waals surface area contributed by atoms with Crippen molar-refractivity contribution < 1.29 is 19.3 Å². The topological polar surface area (TPSA) is 90.7 Å². The SMILES string of the molecule is CCCC(O)CNc1ccc(-n2nc(OCC(C)C)nc2-c2ccc3c(c2)OCO3)cc1. The molecule has 0 saturated heterocycles. The number of fused-ring (bicyclic) bond motifs is 1. The van der Waals surface area contributed by atoms with Gasteiger partial charge in [-0.3, -0.25) is 0 Å². The quantitative estimate of drug-likeness (QED) is 0.488. The molecule has 1 aromatic heterocycles. The molecular weight excluding hydrogens is 408 g/mol. The summed E-state index contributed by atoms with van der Waals surface area (Å²) in [4.78, 5) is 4.64. The van der Waals surface area contributed by atoms with Crippen LogP contribution in [0.2, 0.25) is 0 Å². The second kappa shape index (κ2) is 9.91. The van der Waals surface area contributed by atoms with Gasteiger partial charge in [-0.1, -0.05) is 27.2 Å². The van der Waals surface area contributed by atoms with E-state index in [1.807, 2.05) is 42.5 Å². The summed E-state index contributed by atoms with van der Waals surface area (Å²) in [6.07, 6.45) is 1.38. The number of ether oxygens (including phenoxy) is 3. The van der Waals surface area contributed by atoms with Crippen LogP contribution in [0.5, 0.6) is 17.5 Å². The second-order valence-corrected chi connectivity index (χ2v) is 8.27. The largest absolute Gasteiger partial charge is 0.462 e. The Morgan fingerprint density at radius 2 is 1.91 bits per heavy atom. The predicted molar refractivity (Wildman–Crippen MR) is 123 cm³/mol. The minimum absolute atomic E-state index is 0.218. The third-order valence-electron chi connectivity index (χ3n) is 5.04. The smallest absolute Gasteiger partial charge is 0.336 e. The normalized spacial score (nSPS) is 13.4. The van der Waals surface area contributed by atoms with Crippen molar-refractivity contribution in [1.82, 2.24) is 14.8 Å². The van der Waals surface area contributed by atoms with Gasteiger partial charge in [0.1, 0.15) is 0 Å². The van der Waals surface area contributed by atoms with Gasteiger partial charge in [-0.2, -0.15) is 4.98 Å². The molecule has 1 unspecified atom stereocenters. The van der Waals surface area contributed by atoms with Crippen LogP contribution in [-0.4, -0.2) is 45.9 Å². The Balaban J connectivity index is 1.60. The number of hydrogen-bond acceptors (Lipinski definition) is 7. The Kier molecular flexibility index (Phi) is 6.80. The molecule has 8 nitrogen and oxygen atoms in total. The van der Waals surface area contributed by atoms with E-state index < -0.39 is 0 Å². The van der Waals surface area contributed by atoms with Crippen molar-refractivity contribution in [2.45, 2.75) is 39.7 Å². The molecule has 4 rings (SSSR count). The first-order valence-electron chi connectivity index (χ1n) is 11.1. The van der Waals surface area contributed by atoms with Gasteiger partial charge < -0.3 is 24.6 Å². The lowest BCUT2D eigenvalue weighted by Gasteiger charge is -2.12. The van der Waals surface area contributed by atoms with Crippen LogP contribution in [0, 0.1) is 5.92 Å². The monoisotopic (exact) mass is 438 g/mol. The van der Waals surface area contributed by atoms with Crippen LogP contribution in [0.3, 0.4) is 0 Å². The lowest BCUT2D eigenvalue weighted by molar-refractivity contribution is 0.174. The zero-order valence-corrected chi connectivity index (χ0v) is 18.7. The summed E-state index contributed by atoms with van der Waals surface area (Å²) in [5.41, 5.74) is 2.64.